The SMILES string of the molecule is CCc1nncn1CCNC(=NCc1ccc(C)cc1)NC1CCCCC1C. The van der Waals surface area contributed by atoms with Gasteiger partial charge in [0, 0.05) is 25.6 Å². The number of nitrogens with one attached hydrogen (secondary N) is 2. The maximum atomic E-state index is 4.87. The van der Waals surface area contributed by atoms with Crippen LogP contribution < -0.4 is 10.6 Å². The van der Waals surface area contributed by atoms with Crippen LogP contribution in [0.3, 0.4) is 0 Å². The number of guanidine groups is 1. The topological polar surface area (TPSA) is 67.1 Å². The number of aliphatic imine (C=N–C) groups is 1. The van der Waals surface area contributed by atoms with E-state index in [1.165, 1.54) is 36.8 Å². The van der Waals surface area contributed by atoms with Crippen LogP contribution in [0.2, 0.25) is 0 Å². The lowest BCUT2D eigenvalue weighted by Gasteiger charge is -2.31. The molecule has 0 amide bonds. The Bertz CT molecular complexity index is 749. The van der Waals surface area contributed by atoms with E-state index in [1.807, 2.05) is 0 Å². The van der Waals surface area contributed by atoms with E-state index in [9.17, 15) is 0 Å². The van der Waals surface area contributed by atoms with E-state index < -0.39 is 0 Å². The molecule has 1 aliphatic rings. The molecule has 2 N–H and O–H groups in total. The first-order valence-electron chi connectivity index (χ1n) is 10.6. The number of nitrogens with zero attached hydrogens (tertiary/aromatic N) is 4. The maximum absolute atomic E-state index is 4.87. The second-order valence-corrected chi connectivity index (χ2v) is 7.88. The Hall–Kier alpha value is -2.37. The predicted octanol–water partition coefficient (Wildman–Crippen LogP) is 3.46. The van der Waals surface area contributed by atoms with Gasteiger partial charge in [0.15, 0.2) is 5.96 Å². The molecule has 1 saturated carbocycles. The van der Waals surface area contributed by atoms with Crippen LogP contribution in [0, 0.1) is 12.8 Å². The number of hydrogen-bond donors (Lipinski definition) is 2. The molecule has 0 radical (unpaired) electrons. The molecule has 6 heteroatoms. The van der Waals surface area contributed by atoms with Crippen LogP contribution in [0.5, 0.6) is 0 Å². The monoisotopic (exact) mass is 382 g/mol. The summed E-state index contributed by atoms with van der Waals surface area (Å²) in [4.78, 5) is 4.87. The Labute approximate surface area is 168 Å². The molecule has 1 heterocycles. The maximum Gasteiger partial charge on any atom is 0.191 e. The van der Waals surface area contributed by atoms with Gasteiger partial charge in [0.1, 0.15) is 12.2 Å². The average molecular weight is 383 g/mol. The molecule has 2 unspecified atom stereocenters. The number of aryl methyl sites for hydroxylation is 2. The van der Waals surface area contributed by atoms with Crippen molar-refractivity contribution in [3.05, 3.63) is 47.5 Å². The van der Waals surface area contributed by atoms with Crippen molar-refractivity contribution < 1.29 is 0 Å². The fraction of sp³-hybridized carbons (Fsp3) is 0.591. The summed E-state index contributed by atoms with van der Waals surface area (Å²) >= 11 is 0. The van der Waals surface area contributed by atoms with Gasteiger partial charge in [0.25, 0.3) is 0 Å². The molecule has 0 saturated heterocycles. The van der Waals surface area contributed by atoms with Crippen molar-refractivity contribution in [2.75, 3.05) is 6.54 Å². The van der Waals surface area contributed by atoms with Crippen molar-refractivity contribution in [1.29, 1.82) is 0 Å². The number of aromatic nitrogens is 3. The minimum atomic E-state index is 0.499. The smallest absolute Gasteiger partial charge is 0.191 e. The highest BCUT2D eigenvalue weighted by atomic mass is 15.3. The summed E-state index contributed by atoms with van der Waals surface area (Å²) in [6.45, 7) is 8.88. The van der Waals surface area contributed by atoms with E-state index in [-0.39, 0.29) is 0 Å². The van der Waals surface area contributed by atoms with Gasteiger partial charge in [-0.2, -0.15) is 0 Å². The van der Waals surface area contributed by atoms with E-state index >= 15 is 0 Å². The van der Waals surface area contributed by atoms with Gasteiger partial charge in [-0.3, -0.25) is 0 Å². The lowest BCUT2D eigenvalue weighted by Crippen LogP contribution is -2.47. The van der Waals surface area contributed by atoms with Crippen molar-refractivity contribution in [1.82, 2.24) is 25.4 Å². The lowest BCUT2D eigenvalue weighted by atomic mass is 9.86. The molecule has 0 aliphatic heterocycles. The number of benzene rings is 1. The van der Waals surface area contributed by atoms with E-state index in [1.54, 1.807) is 6.33 Å². The summed E-state index contributed by atoms with van der Waals surface area (Å²) in [5.74, 6) is 2.61. The van der Waals surface area contributed by atoms with Crippen molar-refractivity contribution in [2.24, 2.45) is 10.9 Å². The highest BCUT2D eigenvalue weighted by molar-refractivity contribution is 5.80. The van der Waals surface area contributed by atoms with Gasteiger partial charge >= 0.3 is 0 Å². The Kier molecular flexibility index (Phi) is 7.46. The largest absolute Gasteiger partial charge is 0.355 e. The number of hydrogen-bond acceptors (Lipinski definition) is 3. The third kappa shape index (κ3) is 5.81. The zero-order valence-electron chi connectivity index (χ0n) is 17.5. The van der Waals surface area contributed by atoms with Crippen LogP contribution in [0.15, 0.2) is 35.6 Å². The fourth-order valence-electron chi connectivity index (χ4n) is 3.76. The summed E-state index contributed by atoms with van der Waals surface area (Å²) in [6.07, 6.45) is 7.86. The Balaban J connectivity index is 1.62. The average Bonchev–Trinajstić information content (AvgIpc) is 3.16. The summed E-state index contributed by atoms with van der Waals surface area (Å²) in [7, 11) is 0. The highest BCUT2D eigenvalue weighted by Crippen LogP contribution is 2.23. The van der Waals surface area contributed by atoms with Crippen LogP contribution in [-0.4, -0.2) is 33.3 Å². The summed E-state index contributed by atoms with van der Waals surface area (Å²) in [6, 6.07) is 9.10. The minimum Gasteiger partial charge on any atom is -0.355 e. The van der Waals surface area contributed by atoms with E-state index in [4.69, 9.17) is 4.99 Å². The van der Waals surface area contributed by atoms with Gasteiger partial charge in [-0.15, -0.1) is 10.2 Å². The zero-order chi connectivity index (χ0) is 19.8. The Morgan fingerprint density at radius 1 is 1.21 bits per heavy atom. The first kappa shape index (κ1) is 20.4. The van der Waals surface area contributed by atoms with Crippen LogP contribution in [0.1, 0.15) is 56.5 Å². The highest BCUT2D eigenvalue weighted by Gasteiger charge is 2.22. The molecular weight excluding hydrogens is 348 g/mol. The first-order chi connectivity index (χ1) is 13.7. The first-order valence-corrected chi connectivity index (χ1v) is 10.6. The molecule has 1 aromatic heterocycles. The molecule has 152 valence electrons. The standard InChI is InChI=1S/C22H34N6/c1-4-21-27-25-16-28(21)14-13-23-22(26-20-8-6-5-7-18(20)3)24-15-19-11-9-17(2)10-12-19/h9-12,16,18,20H,4-8,13-15H2,1-3H3,(H2,23,24,26). The molecular formula is C22H34N6. The summed E-state index contributed by atoms with van der Waals surface area (Å²) in [5, 5.41) is 15.4. The van der Waals surface area contributed by atoms with Crippen LogP contribution in [-0.2, 0) is 19.5 Å². The van der Waals surface area contributed by atoms with Gasteiger partial charge in [-0.25, -0.2) is 4.99 Å². The van der Waals surface area contributed by atoms with Crippen molar-refractivity contribution in [3.8, 4) is 0 Å². The molecule has 1 fully saturated rings. The van der Waals surface area contributed by atoms with Crippen molar-refractivity contribution in [3.63, 3.8) is 0 Å². The summed E-state index contributed by atoms with van der Waals surface area (Å²) < 4.78 is 2.10. The second-order valence-electron chi connectivity index (χ2n) is 7.88. The molecule has 3 rings (SSSR count). The zero-order valence-corrected chi connectivity index (χ0v) is 17.5. The molecule has 0 spiro atoms. The van der Waals surface area contributed by atoms with Crippen LogP contribution in [0.25, 0.3) is 0 Å². The van der Waals surface area contributed by atoms with Gasteiger partial charge < -0.3 is 15.2 Å². The summed E-state index contributed by atoms with van der Waals surface area (Å²) in [5.41, 5.74) is 2.51. The van der Waals surface area contributed by atoms with Gasteiger partial charge in [0.05, 0.1) is 6.54 Å². The van der Waals surface area contributed by atoms with Gasteiger partial charge in [-0.05, 0) is 31.2 Å². The fourth-order valence-corrected chi connectivity index (χ4v) is 3.76. The quantitative estimate of drug-likeness (QED) is 0.568. The Morgan fingerprint density at radius 3 is 2.75 bits per heavy atom. The molecule has 6 nitrogen and oxygen atoms in total. The molecule has 1 aromatic carbocycles. The minimum absolute atomic E-state index is 0.499. The van der Waals surface area contributed by atoms with E-state index in [0.29, 0.717) is 18.5 Å². The lowest BCUT2D eigenvalue weighted by molar-refractivity contribution is 0.306. The Morgan fingerprint density at radius 2 is 2.00 bits per heavy atom. The van der Waals surface area contributed by atoms with Crippen LogP contribution in [0.4, 0.5) is 0 Å². The van der Waals surface area contributed by atoms with Crippen molar-refractivity contribution in [2.45, 2.75) is 72.0 Å². The third-order valence-electron chi connectivity index (χ3n) is 5.63. The van der Waals surface area contributed by atoms with E-state index in [2.05, 4.69) is 70.4 Å². The van der Waals surface area contributed by atoms with Crippen molar-refractivity contribution >= 4 is 5.96 Å². The van der Waals surface area contributed by atoms with Gasteiger partial charge in [0.2, 0.25) is 0 Å². The van der Waals surface area contributed by atoms with Crippen LogP contribution >= 0.6 is 0 Å². The molecule has 28 heavy (non-hydrogen) atoms. The molecule has 1 aliphatic carbocycles. The van der Waals surface area contributed by atoms with Gasteiger partial charge in [-0.1, -0.05) is 56.5 Å². The number of rotatable bonds is 7. The molecule has 2 aromatic rings. The third-order valence-corrected chi connectivity index (χ3v) is 5.63. The molecule has 0 bridgehead atoms. The predicted molar refractivity (Wildman–Crippen MR) is 114 cm³/mol. The normalized spacial score (nSPS) is 20.2. The second kappa shape index (κ2) is 10.2. The van der Waals surface area contributed by atoms with E-state index in [0.717, 1.165) is 31.3 Å². The molecule has 2 atom stereocenters.